The van der Waals surface area contributed by atoms with Crippen LogP contribution in [-0.4, -0.2) is 36.5 Å². The van der Waals surface area contributed by atoms with Gasteiger partial charge in [-0.2, -0.15) is 0 Å². The molecule has 1 heterocycles. The summed E-state index contributed by atoms with van der Waals surface area (Å²) in [5, 5.41) is 5.42. The van der Waals surface area contributed by atoms with Gasteiger partial charge in [0.25, 0.3) is 5.91 Å². The Bertz CT molecular complexity index is 820. The third kappa shape index (κ3) is 5.53. The van der Waals surface area contributed by atoms with Crippen LogP contribution in [0.3, 0.4) is 0 Å². The molecule has 148 valence electrons. The molecule has 2 aromatic carbocycles. The molecular formula is C21H25FN4O2. The van der Waals surface area contributed by atoms with Crippen molar-refractivity contribution in [2.75, 3.05) is 25.0 Å². The Morgan fingerprint density at radius 1 is 1.11 bits per heavy atom. The fraction of sp³-hybridized carbons (Fsp3) is 0.333. The van der Waals surface area contributed by atoms with Gasteiger partial charge in [0.2, 0.25) is 0 Å². The molecule has 0 aliphatic carbocycles. The van der Waals surface area contributed by atoms with E-state index in [9.17, 15) is 14.0 Å². The molecule has 0 unspecified atom stereocenters. The van der Waals surface area contributed by atoms with Crippen LogP contribution in [0.15, 0.2) is 48.5 Å². The first-order valence-corrected chi connectivity index (χ1v) is 9.42. The number of carbonyl (C=O) groups is 2. The first kappa shape index (κ1) is 19.8. The van der Waals surface area contributed by atoms with Crippen molar-refractivity contribution in [3.8, 4) is 0 Å². The zero-order valence-electron chi connectivity index (χ0n) is 15.7. The predicted octanol–water partition coefficient (Wildman–Crippen LogP) is 2.96. The molecule has 6 nitrogen and oxygen atoms in total. The third-order valence-corrected chi connectivity index (χ3v) is 5.00. The number of anilines is 1. The van der Waals surface area contributed by atoms with Crippen molar-refractivity contribution in [1.29, 1.82) is 0 Å². The van der Waals surface area contributed by atoms with E-state index in [0.717, 1.165) is 38.5 Å². The fourth-order valence-corrected chi connectivity index (χ4v) is 3.40. The van der Waals surface area contributed by atoms with Crippen molar-refractivity contribution in [2.24, 2.45) is 11.7 Å². The summed E-state index contributed by atoms with van der Waals surface area (Å²) in [5.41, 5.74) is 6.45. The number of hydrogen-bond acceptors (Lipinski definition) is 3. The Balaban J connectivity index is 1.40. The summed E-state index contributed by atoms with van der Waals surface area (Å²) in [6.07, 6.45) is 2.05. The van der Waals surface area contributed by atoms with Gasteiger partial charge in [-0.15, -0.1) is 0 Å². The van der Waals surface area contributed by atoms with Crippen molar-refractivity contribution in [3.05, 3.63) is 65.5 Å². The molecule has 7 heteroatoms. The molecule has 3 amide bonds. The van der Waals surface area contributed by atoms with Gasteiger partial charge < -0.3 is 16.4 Å². The van der Waals surface area contributed by atoms with Crippen molar-refractivity contribution >= 4 is 17.6 Å². The summed E-state index contributed by atoms with van der Waals surface area (Å²) in [7, 11) is 0. The topological polar surface area (TPSA) is 87.5 Å². The fourth-order valence-electron chi connectivity index (χ4n) is 3.40. The standard InChI is InChI=1S/C21H25FN4O2/c22-19-12-17(6-7-18(19)20(23)27)25-21(28)24-13-15-8-10-26(11-9-15)14-16-4-2-1-3-5-16/h1-7,12,15H,8-11,13-14H2,(H2,23,27)(H2,24,25,28). The van der Waals surface area contributed by atoms with E-state index in [1.54, 1.807) is 0 Å². The van der Waals surface area contributed by atoms with E-state index in [1.807, 2.05) is 6.07 Å². The first-order chi connectivity index (χ1) is 13.5. The van der Waals surface area contributed by atoms with E-state index < -0.39 is 17.8 Å². The average Bonchev–Trinajstić information content (AvgIpc) is 2.68. The maximum atomic E-state index is 13.7. The molecule has 0 spiro atoms. The second-order valence-electron chi connectivity index (χ2n) is 7.10. The lowest BCUT2D eigenvalue weighted by atomic mass is 9.96. The minimum Gasteiger partial charge on any atom is -0.366 e. The molecule has 1 fully saturated rings. The third-order valence-electron chi connectivity index (χ3n) is 5.00. The molecule has 0 bridgehead atoms. The number of hydrogen-bond donors (Lipinski definition) is 3. The van der Waals surface area contributed by atoms with Gasteiger partial charge in [0.05, 0.1) is 5.56 Å². The minimum absolute atomic E-state index is 0.201. The van der Waals surface area contributed by atoms with Crippen molar-refractivity contribution in [2.45, 2.75) is 19.4 Å². The number of nitrogens with one attached hydrogen (secondary N) is 2. The molecule has 1 aliphatic heterocycles. The molecule has 28 heavy (non-hydrogen) atoms. The summed E-state index contributed by atoms with van der Waals surface area (Å²) >= 11 is 0. The molecule has 2 aromatic rings. The Kier molecular flexibility index (Phi) is 6.60. The monoisotopic (exact) mass is 384 g/mol. The summed E-state index contributed by atoms with van der Waals surface area (Å²) < 4.78 is 13.7. The highest BCUT2D eigenvalue weighted by Crippen LogP contribution is 2.19. The van der Waals surface area contributed by atoms with Gasteiger partial charge in [-0.1, -0.05) is 30.3 Å². The molecule has 0 radical (unpaired) electrons. The number of carbonyl (C=O) groups excluding carboxylic acids is 2. The number of urea groups is 1. The molecule has 0 aromatic heterocycles. The average molecular weight is 384 g/mol. The van der Waals surface area contributed by atoms with Crippen molar-refractivity contribution < 1.29 is 14.0 Å². The lowest BCUT2D eigenvalue weighted by Crippen LogP contribution is -2.39. The van der Waals surface area contributed by atoms with Crippen LogP contribution in [0, 0.1) is 11.7 Å². The van der Waals surface area contributed by atoms with Crippen molar-refractivity contribution in [3.63, 3.8) is 0 Å². The number of nitrogens with two attached hydrogens (primary N) is 1. The Labute approximate surface area is 163 Å². The van der Waals surface area contributed by atoms with Crippen LogP contribution in [0.25, 0.3) is 0 Å². The van der Waals surface area contributed by atoms with Gasteiger partial charge in [0, 0.05) is 18.8 Å². The predicted molar refractivity (Wildman–Crippen MR) is 106 cm³/mol. The lowest BCUT2D eigenvalue weighted by Gasteiger charge is -2.32. The van der Waals surface area contributed by atoms with Gasteiger partial charge in [0.15, 0.2) is 0 Å². The maximum Gasteiger partial charge on any atom is 0.319 e. The smallest absolute Gasteiger partial charge is 0.319 e. The molecule has 0 saturated carbocycles. The van der Waals surface area contributed by atoms with Crippen LogP contribution in [0.1, 0.15) is 28.8 Å². The second kappa shape index (κ2) is 9.32. The molecule has 0 atom stereocenters. The molecule has 1 aliphatic rings. The van der Waals surface area contributed by atoms with E-state index >= 15 is 0 Å². The van der Waals surface area contributed by atoms with Gasteiger partial charge in [-0.25, -0.2) is 9.18 Å². The van der Waals surface area contributed by atoms with Crippen LogP contribution >= 0.6 is 0 Å². The number of piperidine rings is 1. The number of amides is 3. The summed E-state index contributed by atoms with van der Waals surface area (Å²) in [6.45, 7) is 3.53. The summed E-state index contributed by atoms with van der Waals surface area (Å²) in [5.74, 6) is -1.17. The van der Waals surface area contributed by atoms with E-state index in [4.69, 9.17) is 5.73 Å². The SMILES string of the molecule is NC(=O)c1ccc(NC(=O)NCC2CCN(Cc3ccccc3)CC2)cc1F. The first-order valence-electron chi connectivity index (χ1n) is 9.42. The van der Waals surface area contributed by atoms with Crippen LogP contribution in [0.5, 0.6) is 0 Å². The minimum atomic E-state index is -0.841. The van der Waals surface area contributed by atoms with Gasteiger partial charge >= 0.3 is 6.03 Å². The van der Waals surface area contributed by atoms with Crippen LogP contribution in [0.2, 0.25) is 0 Å². The zero-order chi connectivity index (χ0) is 19.9. The number of likely N-dealkylation sites (tertiary alicyclic amines) is 1. The number of halogens is 1. The van der Waals surface area contributed by atoms with E-state index in [0.29, 0.717) is 12.5 Å². The highest BCUT2D eigenvalue weighted by molar-refractivity contribution is 5.94. The molecule has 1 saturated heterocycles. The normalized spacial score (nSPS) is 15.2. The number of primary amides is 1. The second-order valence-corrected chi connectivity index (χ2v) is 7.10. The van der Waals surface area contributed by atoms with E-state index in [-0.39, 0.29) is 11.3 Å². The van der Waals surface area contributed by atoms with Gasteiger partial charge in [0.1, 0.15) is 5.82 Å². The molecular weight excluding hydrogens is 359 g/mol. The van der Waals surface area contributed by atoms with Gasteiger partial charge in [-0.05, 0) is 55.6 Å². The van der Waals surface area contributed by atoms with Crippen LogP contribution < -0.4 is 16.4 Å². The van der Waals surface area contributed by atoms with Crippen LogP contribution in [-0.2, 0) is 6.54 Å². The maximum absolute atomic E-state index is 13.7. The van der Waals surface area contributed by atoms with Crippen molar-refractivity contribution in [1.82, 2.24) is 10.2 Å². The lowest BCUT2D eigenvalue weighted by molar-refractivity contribution is 0.0996. The summed E-state index contributed by atoms with van der Waals surface area (Å²) in [4.78, 5) is 25.5. The van der Waals surface area contributed by atoms with E-state index in [1.165, 1.54) is 17.7 Å². The highest BCUT2D eigenvalue weighted by atomic mass is 19.1. The van der Waals surface area contributed by atoms with E-state index in [2.05, 4.69) is 39.8 Å². The Morgan fingerprint density at radius 2 is 1.82 bits per heavy atom. The Hall–Kier alpha value is -2.93. The largest absolute Gasteiger partial charge is 0.366 e. The number of benzene rings is 2. The molecule has 3 rings (SSSR count). The summed E-state index contributed by atoms with van der Waals surface area (Å²) in [6, 6.07) is 13.8. The van der Waals surface area contributed by atoms with Crippen LogP contribution in [0.4, 0.5) is 14.9 Å². The quantitative estimate of drug-likeness (QED) is 0.716. The number of nitrogens with zero attached hydrogens (tertiary/aromatic N) is 1. The highest BCUT2D eigenvalue weighted by Gasteiger charge is 2.20. The number of rotatable bonds is 6. The Morgan fingerprint density at radius 3 is 2.46 bits per heavy atom. The molecule has 4 N–H and O–H groups in total. The zero-order valence-corrected chi connectivity index (χ0v) is 15.7. The van der Waals surface area contributed by atoms with Gasteiger partial charge in [-0.3, -0.25) is 9.69 Å².